The van der Waals surface area contributed by atoms with Crippen molar-refractivity contribution in [2.24, 2.45) is 0 Å². The number of hydrogen-bond donors (Lipinski definition) is 1. The number of anilines is 1. The van der Waals surface area contributed by atoms with Crippen LogP contribution in [0.25, 0.3) is 0 Å². The fourth-order valence-electron chi connectivity index (χ4n) is 1.04. The maximum absolute atomic E-state index is 7.98. The maximum atomic E-state index is 7.98. The molecule has 0 aromatic heterocycles. The van der Waals surface area contributed by atoms with Gasteiger partial charge in [0.25, 0.3) is 0 Å². The topological polar surface area (TPSA) is 15.3 Å². The molecule has 14 heavy (non-hydrogen) atoms. The van der Waals surface area contributed by atoms with Gasteiger partial charge in [0, 0.05) is 31.5 Å². The molecule has 1 saturated heterocycles. The highest BCUT2D eigenvalue weighted by atomic mass is 35.5. The summed E-state index contributed by atoms with van der Waals surface area (Å²) in [6.45, 7) is -11.7. The molecular formula is C10H12Cl2N2. The maximum Gasteiger partial charge on any atom is 0.0745 e. The van der Waals surface area contributed by atoms with E-state index in [-0.39, 0.29) is 15.7 Å². The molecule has 0 bridgehead atoms. The van der Waals surface area contributed by atoms with Crippen molar-refractivity contribution in [3.63, 3.8) is 0 Å². The first kappa shape index (κ1) is 4.20. The van der Waals surface area contributed by atoms with Crippen molar-refractivity contribution < 1.29 is 11.0 Å². The predicted octanol–water partition coefficient (Wildman–Crippen LogP) is 2.40. The van der Waals surface area contributed by atoms with Crippen molar-refractivity contribution in [2.75, 3.05) is 30.9 Å². The first-order chi connectivity index (χ1) is 9.76. The van der Waals surface area contributed by atoms with Gasteiger partial charge in [-0.15, -0.1) is 0 Å². The van der Waals surface area contributed by atoms with Crippen molar-refractivity contribution in [3.05, 3.63) is 28.2 Å². The minimum atomic E-state index is -2.96. The smallest absolute Gasteiger partial charge is 0.0745 e. The quantitative estimate of drug-likeness (QED) is 0.809. The van der Waals surface area contributed by atoms with Gasteiger partial charge in [0.15, 0.2) is 0 Å². The third-order valence-corrected chi connectivity index (χ3v) is 2.23. The second-order valence-electron chi connectivity index (χ2n) is 2.50. The SMILES string of the molecule is [2H]C1([2H])NC([2H])([2H])C([2H])([2H])N(c2c(Cl)cccc2Cl)C1([2H])[2H]. The molecule has 0 amide bonds. The standard InChI is InChI=1S/C10H12Cl2N2/c11-8-2-1-3-9(12)10(8)14-6-4-13-5-7-14/h1-3,13H,4-7H2/i4D2,5D2,6D2,7D2. The zero-order valence-electron chi connectivity index (χ0n) is 14.9. The fraction of sp³-hybridized carbons (Fsp3) is 0.400. The Kier molecular flexibility index (Phi) is 1.32. The normalized spacial score (nSPS) is 40.0. The molecule has 2 rings (SSSR count). The number of halogens is 2. The average Bonchev–Trinajstić information content (AvgIpc) is 2.30. The van der Waals surface area contributed by atoms with Crippen LogP contribution in [0, 0.1) is 0 Å². The van der Waals surface area contributed by atoms with Gasteiger partial charge in [-0.2, -0.15) is 0 Å². The molecule has 0 saturated carbocycles. The van der Waals surface area contributed by atoms with Gasteiger partial charge in [-0.25, -0.2) is 0 Å². The summed E-state index contributed by atoms with van der Waals surface area (Å²) in [6.07, 6.45) is 0. The molecule has 1 fully saturated rings. The van der Waals surface area contributed by atoms with Crippen molar-refractivity contribution >= 4 is 28.9 Å². The lowest BCUT2D eigenvalue weighted by atomic mass is 10.2. The molecule has 0 radical (unpaired) electrons. The molecule has 1 heterocycles. The number of benzene rings is 1. The van der Waals surface area contributed by atoms with E-state index in [4.69, 9.17) is 34.2 Å². The van der Waals surface area contributed by atoms with Crippen LogP contribution in [-0.2, 0) is 0 Å². The van der Waals surface area contributed by atoms with E-state index in [0.717, 1.165) is 0 Å². The van der Waals surface area contributed by atoms with Gasteiger partial charge in [0.1, 0.15) is 0 Å². The summed E-state index contributed by atoms with van der Waals surface area (Å²) in [5.74, 6) is 0. The number of piperazine rings is 1. The average molecular weight is 239 g/mol. The molecule has 76 valence electrons. The number of nitrogens with zero attached hydrogens (tertiary/aromatic N) is 1. The van der Waals surface area contributed by atoms with Crippen molar-refractivity contribution in [1.82, 2.24) is 5.32 Å². The summed E-state index contributed by atoms with van der Waals surface area (Å²) in [4.78, 5) is 0.321. The Morgan fingerprint density at radius 2 is 1.79 bits per heavy atom. The van der Waals surface area contributed by atoms with Crippen molar-refractivity contribution in [2.45, 2.75) is 0 Å². The van der Waals surface area contributed by atoms with Crippen molar-refractivity contribution in [3.8, 4) is 0 Å². The van der Waals surface area contributed by atoms with Crippen LogP contribution in [0.2, 0.25) is 10.0 Å². The van der Waals surface area contributed by atoms with Crippen LogP contribution in [0.3, 0.4) is 0 Å². The molecule has 4 heteroatoms. The van der Waals surface area contributed by atoms with E-state index in [9.17, 15) is 0 Å². The summed E-state index contributed by atoms with van der Waals surface area (Å²) < 4.78 is 62.8. The van der Waals surface area contributed by atoms with E-state index in [2.05, 4.69) is 0 Å². The van der Waals surface area contributed by atoms with E-state index in [1.54, 1.807) is 5.32 Å². The number of nitrogens with one attached hydrogen (secondary N) is 1. The summed E-state index contributed by atoms with van der Waals surface area (Å²) in [5, 5.41) is 1.51. The molecule has 0 spiro atoms. The summed E-state index contributed by atoms with van der Waals surface area (Å²) in [5.41, 5.74) is -0.310. The minimum Gasteiger partial charge on any atom is -0.367 e. The van der Waals surface area contributed by atoms with Crippen molar-refractivity contribution in [1.29, 1.82) is 0 Å². The highest BCUT2D eigenvalue weighted by Crippen LogP contribution is 2.33. The van der Waals surface area contributed by atoms with E-state index >= 15 is 0 Å². The lowest BCUT2D eigenvalue weighted by molar-refractivity contribution is 0.589. The van der Waals surface area contributed by atoms with Gasteiger partial charge in [-0.1, -0.05) is 29.3 Å². The van der Waals surface area contributed by atoms with E-state index in [0.29, 0.717) is 4.90 Å². The Balaban J connectivity index is 2.78. The largest absolute Gasteiger partial charge is 0.367 e. The monoisotopic (exact) mass is 238 g/mol. The van der Waals surface area contributed by atoms with Gasteiger partial charge >= 0.3 is 0 Å². The predicted molar refractivity (Wildman–Crippen MR) is 61.5 cm³/mol. The Morgan fingerprint density at radius 1 is 1.21 bits per heavy atom. The van der Waals surface area contributed by atoms with Crippen LogP contribution in [-0.4, -0.2) is 26.0 Å². The molecule has 0 unspecified atom stereocenters. The van der Waals surface area contributed by atoms with Crippen LogP contribution >= 0.6 is 23.2 Å². The van der Waals surface area contributed by atoms with Crippen LogP contribution in [0.1, 0.15) is 11.0 Å². The lowest BCUT2D eigenvalue weighted by Crippen LogP contribution is -2.43. The lowest BCUT2D eigenvalue weighted by Gasteiger charge is -2.30. The van der Waals surface area contributed by atoms with Gasteiger partial charge in [-0.05, 0) is 12.1 Å². The summed E-state index contributed by atoms with van der Waals surface area (Å²) in [7, 11) is 0. The minimum absolute atomic E-state index is 0.117. The molecule has 1 aliphatic rings. The molecule has 1 aromatic rings. The van der Waals surface area contributed by atoms with Crippen LogP contribution in [0.4, 0.5) is 5.69 Å². The highest BCUT2D eigenvalue weighted by Gasteiger charge is 2.15. The summed E-state index contributed by atoms with van der Waals surface area (Å²) in [6, 6.07) is 4.13. The number of rotatable bonds is 1. The molecule has 1 N–H and O–H groups in total. The Morgan fingerprint density at radius 3 is 2.36 bits per heavy atom. The zero-order valence-corrected chi connectivity index (χ0v) is 8.45. The number of para-hydroxylation sites is 1. The molecule has 0 aliphatic carbocycles. The molecular weight excluding hydrogens is 219 g/mol. The van der Waals surface area contributed by atoms with Crippen LogP contribution in [0.5, 0.6) is 0 Å². The molecule has 2 nitrogen and oxygen atoms in total. The summed E-state index contributed by atoms with van der Waals surface area (Å²) >= 11 is 12.0. The van der Waals surface area contributed by atoms with E-state index < -0.39 is 26.0 Å². The van der Waals surface area contributed by atoms with E-state index in [1.807, 2.05) is 0 Å². The third kappa shape index (κ3) is 1.97. The Hall–Kier alpha value is -0.440. The van der Waals surface area contributed by atoms with E-state index in [1.165, 1.54) is 18.2 Å². The Bertz CT molecular complexity index is 560. The second-order valence-corrected chi connectivity index (χ2v) is 3.32. The van der Waals surface area contributed by atoms with Gasteiger partial charge in [-0.3, -0.25) is 0 Å². The molecule has 1 aliphatic heterocycles. The fourth-order valence-corrected chi connectivity index (χ4v) is 1.61. The van der Waals surface area contributed by atoms with Gasteiger partial charge < -0.3 is 10.2 Å². The zero-order chi connectivity index (χ0) is 17.1. The highest BCUT2D eigenvalue weighted by molar-refractivity contribution is 6.39. The molecule has 1 aromatic carbocycles. The van der Waals surface area contributed by atoms with Gasteiger partial charge in [0.05, 0.1) is 21.2 Å². The first-order valence-electron chi connectivity index (χ1n) is 7.79. The van der Waals surface area contributed by atoms with Crippen LogP contribution in [0.15, 0.2) is 18.2 Å². The van der Waals surface area contributed by atoms with Crippen LogP contribution < -0.4 is 10.2 Å². The molecule has 0 atom stereocenters. The third-order valence-electron chi connectivity index (χ3n) is 1.62. The van der Waals surface area contributed by atoms with Gasteiger partial charge in [0.2, 0.25) is 0 Å². The first-order valence-corrected chi connectivity index (χ1v) is 4.55. The Labute approximate surface area is 105 Å². The number of hydrogen-bond acceptors (Lipinski definition) is 2. The second kappa shape index (κ2) is 4.39.